The molecule has 0 spiro atoms. The predicted molar refractivity (Wildman–Crippen MR) is 99.6 cm³/mol. The number of anilines is 1. The molecule has 0 saturated heterocycles. The van der Waals surface area contributed by atoms with Crippen molar-refractivity contribution in [2.45, 2.75) is 24.0 Å². The molecule has 0 aliphatic carbocycles. The highest BCUT2D eigenvalue weighted by atomic mass is 35.5. The number of benzene rings is 2. The van der Waals surface area contributed by atoms with Gasteiger partial charge < -0.3 is 0 Å². The van der Waals surface area contributed by atoms with Crippen molar-refractivity contribution in [3.63, 3.8) is 0 Å². The van der Waals surface area contributed by atoms with Gasteiger partial charge in [0.1, 0.15) is 0 Å². The molecule has 0 saturated carbocycles. The van der Waals surface area contributed by atoms with Gasteiger partial charge in [-0.05, 0) is 42.3 Å². The zero-order valence-electron chi connectivity index (χ0n) is 13.6. The lowest BCUT2D eigenvalue weighted by molar-refractivity contribution is 0.581. The molecular formula is C16H19ClN2O4S2. The van der Waals surface area contributed by atoms with Crippen LogP contribution in [-0.2, 0) is 25.8 Å². The molecule has 6 nitrogen and oxygen atoms in total. The summed E-state index contributed by atoms with van der Waals surface area (Å²) in [5.74, 6) is -0.273. The zero-order valence-corrected chi connectivity index (χ0v) is 16.0. The van der Waals surface area contributed by atoms with Crippen molar-refractivity contribution in [1.82, 2.24) is 4.72 Å². The molecule has 2 aromatic carbocycles. The van der Waals surface area contributed by atoms with Crippen LogP contribution in [0.2, 0.25) is 5.02 Å². The van der Waals surface area contributed by atoms with E-state index in [1.54, 1.807) is 24.3 Å². The molecule has 0 amide bonds. The van der Waals surface area contributed by atoms with Gasteiger partial charge in [-0.25, -0.2) is 21.6 Å². The van der Waals surface area contributed by atoms with Gasteiger partial charge in [-0.15, -0.1) is 0 Å². The third-order valence-corrected chi connectivity index (χ3v) is 6.37. The minimum Gasteiger partial charge on any atom is -0.283 e. The first-order valence-corrected chi connectivity index (χ1v) is 11.1. The van der Waals surface area contributed by atoms with Crippen LogP contribution < -0.4 is 9.44 Å². The summed E-state index contributed by atoms with van der Waals surface area (Å²) in [7, 11) is -7.25. The molecule has 2 aromatic rings. The van der Waals surface area contributed by atoms with Crippen molar-refractivity contribution in [2.24, 2.45) is 0 Å². The van der Waals surface area contributed by atoms with Crippen LogP contribution in [0, 0.1) is 0 Å². The summed E-state index contributed by atoms with van der Waals surface area (Å²) in [5, 5.41) is 0.372. The summed E-state index contributed by atoms with van der Waals surface area (Å²) in [6, 6.07) is 12.2. The van der Waals surface area contributed by atoms with Gasteiger partial charge in [0.2, 0.25) is 20.0 Å². The Morgan fingerprint density at radius 2 is 1.60 bits per heavy atom. The molecule has 136 valence electrons. The molecule has 0 bridgehead atoms. The lowest BCUT2D eigenvalue weighted by atomic mass is 10.2. The van der Waals surface area contributed by atoms with Crippen molar-refractivity contribution in [3.8, 4) is 0 Å². The molecule has 0 radical (unpaired) electrons. The maximum Gasteiger partial charge on any atom is 0.240 e. The largest absolute Gasteiger partial charge is 0.283 e. The Labute approximate surface area is 153 Å². The Kier molecular flexibility index (Phi) is 6.45. The van der Waals surface area contributed by atoms with Gasteiger partial charge in [0.05, 0.1) is 10.6 Å². The van der Waals surface area contributed by atoms with Crippen molar-refractivity contribution in [3.05, 3.63) is 59.1 Å². The molecule has 0 aliphatic heterocycles. The molecule has 2 rings (SSSR count). The van der Waals surface area contributed by atoms with E-state index >= 15 is 0 Å². The third-order valence-electron chi connectivity index (χ3n) is 3.28. The maximum atomic E-state index is 12.2. The van der Waals surface area contributed by atoms with Crippen LogP contribution >= 0.6 is 11.6 Å². The molecule has 2 N–H and O–H groups in total. The first-order chi connectivity index (χ1) is 11.7. The highest BCUT2D eigenvalue weighted by Crippen LogP contribution is 2.20. The van der Waals surface area contributed by atoms with Crippen LogP contribution in [0.5, 0.6) is 0 Å². The predicted octanol–water partition coefficient (Wildman–Crippen LogP) is 2.97. The van der Waals surface area contributed by atoms with Gasteiger partial charge in [0.25, 0.3) is 0 Å². The van der Waals surface area contributed by atoms with Crippen LogP contribution in [-0.4, -0.2) is 23.4 Å². The van der Waals surface area contributed by atoms with E-state index < -0.39 is 20.0 Å². The van der Waals surface area contributed by atoms with E-state index in [9.17, 15) is 16.8 Å². The van der Waals surface area contributed by atoms with E-state index in [1.165, 1.54) is 24.3 Å². The second kappa shape index (κ2) is 8.18. The van der Waals surface area contributed by atoms with E-state index in [0.717, 1.165) is 0 Å². The fourth-order valence-corrected chi connectivity index (χ4v) is 4.70. The topological polar surface area (TPSA) is 92.3 Å². The number of hydrogen-bond acceptors (Lipinski definition) is 4. The van der Waals surface area contributed by atoms with E-state index in [0.29, 0.717) is 23.6 Å². The van der Waals surface area contributed by atoms with Gasteiger partial charge in [-0.2, -0.15) is 0 Å². The molecule has 0 unspecified atom stereocenters. The summed E-state index contributed by atoms with van der Waals surface area (Å²) in [6.45, 7) is 2.20. The van der Waals surface area contributed by atoms with Crippen molar-refractivity contribution in [1.29, 1.82) is 0 Å². The number of nitrogens with one attached hydrogen (secondary N) is 2. The molecule has 9 heteroatoms. The minimum atomic E-state index is -3.67. The lowest BCUT2D eigenvalue weighted by Gasteiger charge is -2.10. The number of sulfonamides is 2. The summed E-state index contributed by atoms with van der Waals surface area (Å²) >= 11 is 5.98. The van der Waals surface area contributed by atoms with Gasteiger partial charge in [0, 0.05) is 17.3 Å². The van der Waals surface area contributed by atoms with E-state index in [-0.39, 0.29) is 16.3 Å². The maximum absolute atomic E-state index is 12.2. The molecule has 0 aromatic heterocycles. The SMILES string of the molecule is CCCNS(=O)(=O)c1ccc(NS(=O)(=O)Cc2ccccc2Cl)cc1. The minimum absolute atomic E-state index is 0.0787. The molecule has 0 fully saturated rings. The van der Waals surface area contributed by atoms with Gasteiger partial charge >= 0.3 is 0 Å². The third kappa shape index (κ3) is 5.71. The van der Waals surface area contributed by atoms with E-state index in [1.807, 2.05) is 6.92 Å². The average molecular weight is 403 g/mol. The van der Waals surface area contributed by atoms with Crippen LogP contribution in [0.15, 0.2) is 53.4 Å². The van der Waals surface area contributed by atoms with Crippen LogP contribution in [0.3, 0.4) is 0 Å². The second-order valence-corrected chi connectivity index (χ2v) is 9.27. The van der Waals surface area contributed by atoms with E-state index in [4.69, 9.17) is 11.6 Å². The molecule has 25 heavy (non-hydrogen) atoms. The Hall–Kier alpha value is -1.61. The molecule has 0 atom stereocenters. The quantitative estimate of drug-likeness (QED) is 0.709. The zero-order chi connectivity index (χ0) is 18.5. The first kappa shape index (κ1) is 19.7. The van der Waals surface area contributed by atoms with Crippen molar-refractivity contribution in [2.75, 3.05) is 11.3 Å². The fourth-order valence-electron chi connectivity index (χ4n) is 2.06. The average Bonchev–Trinajstić information content (AvgIpc) is 2.55. The van der Waals surface area contributed by atoms with Crippen LogP contribution in [0.4, 0.5) is 5.69 Å². The first-order valence-electron chi connectivity index (χ1n) is 7.57. The number of halogens is 1. The monoisotopic (exact) mass is 402 g/mol. The van der Waals surface area contributed by atoms with Gasteiger partial charge in [-0.3, -0.25) is 4.72 Å². The smallest absolute Gasteiger partial charge is 0.240 e. The number of rotatable bonds is 8. The van der Waals surface area contributed by atoms with Crippen LogP contribution in [0.1, 0.15) is 18.9 Å². The van der Waals surface area contributed by atoms with E-state index in [2.05, 4.69) is 9.44 Å². The summed E-state index contributed by atoms with van der Waals surface area (Å²) in [4.78, 5) is 0.0787. The Morgan fingerprint density at radius 3 is 2.20 bits per heavy atom. The highest BCUT2D eigenvalue weighted by Gasteiger charge is 2.16. The summed E-state index contributed by atoms with van der Waals surface area (Å²) in [5.41, 5.74) is 0.765. The summed E-state index contributed by atoms with van der Waals surface area (Å²) in [6.07, 6.45) is 0.680. The molecule has 0 aliphatic rings. The highest BCUT2D eigenvalue weighted by molar-refractivity contribution is 7.92. The molecule has 0 heterocycles. The fraction of sp³-hybridized carbons (Fsp3) is 0.250. The number of hydrogen-bond donors (Lipinski definition) is 2. The van der Waals surface area contributed by atoms with Crippen molar-refractivity contribution >= 4 is 37.3 Å². The second-order valence-electron chi connectivity index (χ2n) is 5.37. The normalized spacial score (nSPS) is 12.1. The molecular weight excluding hydrogens is 384 g/mol. The summed E-state index contributed by atoms with van der Waals surface area (Å²) < 4.78 is 53.4. The van der Waals surface area contributed by atoms with Gasteiger partial charge in [-0.1, -0.05) is 36.7 Å². The standard InChI is InChI=1S/C16H19ClN2O4S2/c1-2-11-18-25(22,23)15-9-7-14(8-10-15)19-24(20,21)12-13-5-3-4-6-16(13)17/h3-10,18-19H,2,11-12H2,1H3. The van der Waals surface area contributed by atoms with Crippen LogP contribution in [0.25, 0.3) is 0 Å². The Morgan fingerprint density at radius 1 is 0.960 bits per heavy atom. The van der Waals surface area contributed by atoms with Gasteiger partial charge in [0.15, 0.2) is 0 Å². The lowest BCUT2D eigenvalue weighted by Crippen LogP contribution is -2.24. The Bertz CT molecular complexity index is 927. The Balaban J connectivity index is 2.11. The van der Waals surface area contributed by atoms with Crippen molar-refractivity contribution < 1.29 is 16.8 Å².